The molecular formula is C61H106O6. The molecule has 0 rings (SSSR count). The van der Waals surface area contributed by atoms with Gasteiger partial charge in [0.05, 0.1) is 0 Å². The zero-order valence-electron chi connectivity index (χ0n) is 44.2. The smallest absolute Gasteiger partial charge is 0.306 e. The lowest BCUT2D eigenvalue weighted by Crippen LogP contribution is -2.30. The van der Waals surface area contributed by atoms with Crippen molar-refractivity contribution < 1.29 is 28.6 Å². The van der Waals surface area contributed by atoms with Crippen LogP contribution < -0.4 is 0 Å². The highest BCUT2D eigenvalue weighted by Gasteiger charge is 2.19. The summed E-state index contributed by atoms with van der Waals surface area (Å²) in [5.74, 6) is -0.949. The summed E-state index contributed by atoms with van der Waals surface area (Å²) in [4.78, 5) is 38.1. The van der Waals surface area contributed by atoms with Gasteiger partial charge in [-0.3, -0.25) is 14.4 Å². The van der Waals surface area contributed by atoms with E-state index in [-0.39, 0.29) is 37.5 Å². The van der Waals surface area contributed by atoms with Crippen LogP contribution in [0.4, 0.5) is 0 Å². The number of hydrogen-bond donors (Lipinski definition) is 0. The number of allylic oxidation sites excluding steroid dienone is 12. The molecule has 0 N–H and O–H groups in total. The van der Waals surface area contributed by atoms with Gasteiger partial charge in [0.25, 0.3) is 0 Å². The highest BCUT2D eigenvalue weighted by atomic mass is 16.6. The van der Waals surface area contributed by atoms with Crippen molar-refractivity contribution in [1.82, 2.24) is 0 Å². The van der Waals surface area contributed by atoms with Crippen molar-refractivity contribution in [3.05, 3.63) is 72.9 Å². The summed E-state index contributed by atoms with van der Waals surface area (Å²) < 4.78 is 16.8. The molecule has 0 amide bonds. The molecule has 1 atom stereocenters. The predicted molar refractivity (Wildman–Crippen MR) is 288 cm³/mol. The summed E-state index contributed by atoms with van der Waals surface area (Å²) in [5.41, 5.74) is 0. The summed E-state index contributed by atoms with van der Waals surface area (Å²) in [6, 6.07) is 0. The number of carbonyl (C=O) groups is 3. The van der Waals surface area contributed by atoms with Crippen molar-refractivity contribution in [2.75, 3.05) is 13.2 Å². The minimum atomic E-state index is -0.804. The van der Waals surface area contributed by atoms with Gasteiger partial charge in [0.1, 0.15) is 13.2 Å². The molecule has 6 nitrogen and oxygen atoms in total. The molecule has 0 saturated heterocycles. The molecule has 386 valence electrons. The lowest BCUT2D eigenvalue weighted by Gasteiger charge is -2.18. The van der Waals surface area contributed by atoms with Gasteiger partial charge in [-0.15, -0.1) is 0 Å². The molecule has 67 heavy (non-hydrogen) atoms. The van der Waals surface area contributed by atoms with Crippen LogP contribution >= 0.6 is 0 Å². The summed E-state index contributed by atoms with van der Waals surface area (Å²) in [5, 5.41) is 0. The summed E-state index contributed by atoms with van der Waals surface area (Å²) in [6.45, 7) is 6.49. The number of carbonyl (C=O) groups excluding carboxylic acids is 3. The second kappa shape index (κ2) is 55.4. The van der Waals surface area contributed by atoms with Gasteiger partial charge in [-0.1, -0.05) is 248 Å². The molecule has 0 unspecified atom stereocenters. The molecule has 0 aliphatic carbocycles. The molecular weight excluding hydrogens is 829 g/mol. The number of rotatable bonds is 51. The maximum atomic E-state index is 12.8. The zero-order chi connectivity index (χ0) is 48.6. The van der Waals surface area contributed by atoms with Gasteiger partial charge in [-0.2, -0.15) is 0 Å². The van der Waals surface area contributed by atoms with E-state index in [1.54, 1.807) is 0 Å². The SMILES string of the molecule is CC/C=C\C/C=C\C/C=C\C/C=C\C/C=C\CCCC(=O)O[C@@H](COC(=O)CCCCCCCCCCC/C=C\CCCCCCCC)COC(=O)CCCCCCCCCCCCCCC. The normalized spacial score (nSPS) is 12.6. The van der Waals surface area contributed by atoms with Crippen molar-refractivity contribution in [2.45, 2.75) is 284 Å². The lowest BCUT2D eigenvalue weighted by molar-refractivity contribution is -0.167. The highest BCUT2D eigenvalue weighted by Crippen LogP contribution is 2.15. The Bertz CT molecular complexity index is 1260. The Labute approximate surface area is 414 Å². The van der Waals surface area contributed by atoms with Gasteiger partial charge in [0, 0.05) is 19.3 Å². The molecule has 0 aromatic carbocycles. The van der Waals surface area contributed by atoms with E-state index in [4.69, 9.17) is 14.2 Å². The Morgan fingerprint density at radius 3 is 0.970 bits per heavy atom. The van der Waals surface area contributed by atoms with Crippen molar-refractivity contribution in [2.24, 2.45) is 0 Å². The molecule has 6 heteroatoms. The topological polar surface area (TPSA) is 78.9 Å². The Kier molecular flexibility index (Phi) is 52.8. The Morgan fingerprint density at radius 1 is 0.313 bits per heavy atom. The first-order valence-electron chi connectivity index (χ1n) is 28.4. The Hall–Kier alpha value is -3.15. The van der Waals surface area contributed by atoms with Crippen molar-refractivity contribution in [3.63, 3.8) is 0 Å². The van der Waals surface area contributed by atoms with Crippen LogP contribution in [0.1, 0.15) is 278 Å². The second-order valence-corrected chi connectivity index (χ2v) is 18.8. The van der Waals surface area contributed by atoms with Gasteiger partial charge < -0.3 is 14.2 Å². The molecule has 0 saturated carbocycles. The Morgan fingerprint density at radius 2 is 0.597 bits per heavy atom. The van der Waals surface area contributed by atoms with Crippen LogP contribution in [0, 0.1) is 0 Å². The third kappa shape index (κ3) is 53.7. The molecule has 0 fully saturated rings. The first-order chi connectivity index (χ1) is 33.0. The van der Waals surface area contributed by atoms with E-state index in [0.717, 1.165) is 77.0 Å². The van der Waals surface area contributed by atoms with E-state index in [1.807, 2.05) is 0 Å². The van der Waals surface area contributed by atoms with E-state index >= 15 is 0 Å². The number of hydrogen-bond acceptors (Lipinski definition) is 6. The zero-order valence-corrected chi connectivity index (χ0v) is 44.2. The first kappa shape index (κ1) is 63.8. The highest BCUT2D eigenvalue weighted by molar-refractivity contribution is 5.71. The maximum Gasteiger partial charge on any atom is 0.306 e. The van der Waals surface area contributed by atoms with E-state index in [2.05, 4.69) is 93.7 Å². The average Bonchev–Trinajstić information content (AvgIpc) is 3.33. The summed E-state index contributed by atoms with van der Waals surface area (Å²) >= 11 is 0. The minimum Gasteiger partial charge on any atom is -0.462 e. The fourth-order valence-electron chi connectivity index (χ4n) is 7.94. The van der Waals surface area contributed by atoms with Crippen molar-refractivity contribution in [1.29, 1.82) is 0 Å². The number of esters is 3. The van der Waals surface area contributed by atoms with Gasteiger partial charge in [0.15, 0.2) is 6.10 Å². The van der Waals surface area contributed by atoms with Crippen LogP contribution in [0.5, 0.6) is 0 Å². The van der Waals surface area contributed by atoms with Crippen LogP contribution in [-0.4, -0.2) is 37.2 Å². The van der Waals surface area contributed by atoms with E-state index < -0.39 is 6.10 Å². The van der Waals surface area contributed by atoms with Crippen LogP contribution in [0.3, 0.4) is 0 Å². The van der Waals surface area contributed by atoms with Crippen LogP contribution in [-0.2, 0) is 28.6 Å². The number of ether oxygens (including phenoxy) is 3. The van der Waals surface area contributed by atoms with Gasteiger partial charge in [0.2, 0.25) is 0 Å². The first-order valence-corrected chi connectivity index (χ1v) is 28.4. The second-order valence-electron chi connectivity index (χ2n) is 18.8. The standard InChI is InChI=1S/C61H106O6/c1-4-7-10-13-16-19-22-25-27-29-30-32-33-36-39-42-45-48-51-54-60(63)66-57-58(56-65-59(62)53-50-47-44-41-38-35-24-21-18-15-12-9-6-3)67-61(64)55-52-49-46-43-40-37-34-31-28-26-23-20-17-14-11-8-5-2/h8,11,17,20,25-28,34,37,43,46,58H,4-7,9-10,12-16,18-19,21-24,29-33,35-36,38-42,44-45,47-57H2,1-3H3/b11-8-,20-17-,27-25-,28-26-,37-34-,46-43-/t58-/m1/s1. The molecule has 0 aromatic heterocycles. The molecule has 0 aliphatic rings. The largest absolute Gasteiger partial charge is 0.462 e. The molecule has 0 radical (unpaired) electrons. The van der Waals surface area contributed by atoms with Crippen molar-refractivity contribution in [3.8, 4) is 0 Å². The van der Waals surface area contributed by atoms with Gasteiger partial charge in [-0.25, -0.2) is 0 Å². The summed E-state index contributed by atoms with van der Waals surface area (Å²) in [6.07, 6.45) is 70.4. The Balaban J connectivity index is 4.43. The predicted octanol–water partition coefficient (Wildman–Crippen LogP) is 19.0. The van der Waals surface area contributed by atoms with Gasteiger partial charge in [-0.05, 0) is 83.5 Å². The van der Waals surface area contributed by atoms with Gasteiger partial charge >= 0.3 is 17.9 Å². The minimum absolute atomic E-state index is 0.0962. The molecule has 0 aromatic rings. The van der Waals surface area contributed by atoms with Crippen LogP contribution in [0.25, 0.3) is 0 Å². The van der Waals surface area contributed by atoms with E-state index in [9.17, 15) is 14.4 Å². The molecule has 0 heterocycles. The molecule has 0 bridgehead atoms. The molecule has 0 spiro atoms. The summed E-state index contributed by atoms with van der Waals surface area (Å²) in [7, 11) is 0. The van der Waals surface area contributed by atoms with E-state index in [0.29, 0.717) is 19.3 Å². The third-order valence-corrected chi connectivity index (χ3v) is 12.2. The lowest BCUT2D eigenvalue weighted by atomic mass is 10.0. The maximum absolute atomic E-state index is 12.8. The van der Waals surface area contributed by atoms with E-state index in [1.165, 1.54) is 154 Å². The van der Waals surface area contributed by atoms with Crippen LogP contribution in [0.2, 0.25) is 0 Å². The van der Waals surface area contributed by atoms with Crippen LogP contribution in [0.15, 0.2) is 72.9 Å². The third-order valence-electron chi connectivity index (χ3n) is 12.2. The quantitative estimate of drug-likeness (QED) is 0.0262. The number of unbranched alkanes of at least 4 members (excludes halogenated alkanes) is 28. The van der Waals surface area contributed by atoms with Crippen molar-refractivity contribution >= 4 is 17.9 Å². The fourth-order valence-corrected chi connectivity index (χ4v) is 7.94. The fraction of sp³-hybridized carbons (Fsp3) is 0.754. The molecule has 0 aliphatic heterocycles. The average molecular weight is 936 g/mol. The monoisotopic (exact) mass is 935 g/mol.